The molecule has 0 bridgehead atoms. The van der Waals surface area contributed by atoms with E-state index in [1.165, 1.54) is 11.3 Å². The Bertz CT molecular complexity index is 701. The van der Waals surface area contributed by atoms with Crippen LogP contribution in [-0.4, -0.2) is 38.1 Å². The first-order valence-corrected chi connectivity index (χ1v) is 8.53. The van der Waals surface area contributed by atoms with Crippen molar-refractivity contribution in [2.75, 3.05) is 37.0 Å². The maximum atomic E-state index is 13.0. The third kappa shape index (κ3) is 3.23. The van der Waals surface area contributed by atoms with Gasteiger partial charge in [0, 0.05) is 32.6 Å². The largest absolute Gasteiger partial charge is 0.378 e. The lowest BCUT2D eigenvalue weighted by Gasteiger charge is -2.23. The van der Waals surface area contributed by atoms with Crippen LogP contribution in [0.4, 0.5) is 11.4 Å². The number of rotatable bonds is 3. The van der Waals surface area contributed by atoms with Gasteiger partial charge in [0.25, 0.3) is 5.91 Å². The van der Waals surface area contributed by atoms with Crippen LogP contribution in [0.15, 0.2) is 29.6 Å². The number of methoxy groups -OCH3 is 1. The van der Waals surface area contributed by atoms with Gasteiger partial charge in [-0.1, -0.05) is 19.1 Å². The summed E-state index contributed by atoms with van der Waals surface area (Å²) in [6.45, 7) is 4.22. The molecule has 0 radical (unpaired) electrons. The molecule has 1 aromatic heterocycles. The minimum Gasteiger partial charge on any atom is -0.378 e. The molecule has 3 rings (SSSR count). The van der Waals surface area contributed by atoms with Gasteiger partial charge in [-0.05, 0) is 18.1 Å². The van der Waals surface area contributed by atoms with E-state index in [2.05, 4.69) is 29.9 Å². The van der Waals surface area contributed by atoms with Crippen molar-refractivity contribution in [3.05, 3.63) is 40.3 Å². The van der Waals surface area contributed by atoms with E-state index in [0.717, 1.165) is 22.9 Å². The highest BCUT2D eigenvalue weighted by Crippen LogP contribution is 2.33. The molecule has 0 N–H and O–H groups in total. The van der Waals surface area contributed by atoms with Crippen LogP contribution in [0.5, 0.6) is 0 Å². The second kappa shape index (κ2) is 6.68. The van der Waals surface area contributed by atoms with Crippen molar-refractivity contribution in [1.82, 2.24) is 4.98 Å². The van der Waals surface area contributed by atoms with Gasteiger partial charge in [0.2, 0.25) is 0 Å². The van der Waals surface area contributed by atoms with Crippen molar-refractivity contribution in [2.24, 2.45) is 5.92 Å². The molecular formula is C17H21N3O2S. The number of carbonyl (C=O) groups excluding carboxylic acids is 1. The number of carbonyl (C=O) groups is 1. The molecule has 1 aliphatic heterocycles. The topological polar surface area (TPSA) is 45.7 Å². The van der Waals surface area contributed by atoms with Gasteiger partial charge < -0.3 is 14.5 Å². The van der Waals surface area contributed by atoms with Gasteiger partial charge >= 0.3 is 0 Å². The Kier molecular flexibility index (Phi) is 4.63. The molecule has 0 aliphatic carbocycles. The summed E-state index contributed by atoms with van der Waals surface area (Å²) >= 11 is 1.46. The smallest absolute Gasteiger partial charge is 0.277 e. The number of hydrogen-bond acceptors (Lipinski definition) is 5. The number of benzene rings is 1. The van der Waals surface area contributed by atoms with Crippen LogP contribution in [0.1, 0.15) is 22.4 Å². The normalized spacial score (nSPS) is 17.8. The van der Waals surface area contributed by atoms with Crippen molar-refractivity contribution in [1.29, 1.82) is 0 Å². The van der Waals surface area contributed by atoms with E-state index >= 15 is 0 Å². The summed E-state index contributed by atoms with van der Waals surface area (Å²) in [6, 6.07) is 8.04. The molecule has 0 unspecified atom stereocenters. The summed E-state index contributed by atoms with van der Waals surface area (Å²) in [5.74, 6) is 0.339. The number of fused-ring (bicyclic) bond motifs is 1. The second-order valence-corrected chi connectivity index (χ2v) is 6.89. The number of ether oxygens (including phenoxy) is 1. The fourth-order valence-corrected chi connectivity index (χ4v) is 3.72. The molecular weight excluding hydrogens is 310 g/mol. The van der Waals surface area contributed by atoms with Crippen LogP contribution in [0, 0.1) is 5.92 Å². The van der Waals surface area contributed by atoms with Crippen molar-refractivity contribution >= 4 is 28.6 Å². The third-order valence-corrected chi connectivity index (χ3v) is 4.77. The van der Waals surface area contributed by atoms with Gasteiger partial charge in [-0.3, -0.25) is 4.79 Å². The van der Waals surface area contributed by atoms with E-state index in [-0.39, 0.29) is 5.91 Å². The second-order valence-electron chi connectivity index (χ2n) is 5.95. The zero-order valence-corrected chi connectivity index (χ0v) is 14.5. The molecule has 0 saturated heterocycles. The van der Waals surface area contributed by atoms with Crippen molar-refractivity contribution in [3.63, 3.8) is 0 Å². The van der Waals surface area contributed by atoms with E-state index in [0.29, 0.717) is 24.8 Å². The molecule has 0 spiro atoms. The third-order valence-electron chi connectivity index (χ3n) is 3.95. The first kappa shape index (κ1) is 16.0. The zero-order chi connectivity index (χ0) is 16.4. The first-order chi connectivity index (χ1) is 11.1. The minimum atomic E-state index is -0.0433. The Morgan fingerprint density at radius 2 is 2.09 bits per heavy atom. The van der Waals surface area contributed by atoms with Gasteiger partial charge in [0.15, 0.2) is 0 Å². The lowest BCUT2D eigenvalue weighted by Crippen LogP contribution is -2.35. The molecule has 2 aromatic rings. The lowest BCUT2D eigenvalue weighted by atomic mass is 10.1. The Labute approximate surface area is 140 Å². The van der Waals surface area contributed by atoms with Gasteiger partial charge in [0.05, 0.1) is 18.0 Å². The molecule has 2 heterocycles. The van der Waals surface area contributed by atoms with Gasteiger partial charge in [-0.2, -0.15) is 0 Å². The maximum Gasteiger partial charge on any atom is 0.277 e. The summed E-state index contributed by atoms with van der Waals surface area (Å²) in [6.07, 6.45) is 0. The van der Waals surface area contributed by atoms with E-state index < -0.39 is 0 Å². The van der Waals surface area contributed by atoms with Gasteiger partial charge in [0.1, 0.15) is 10.7 Å². The highest BCUT2D eigenvalue weighted by molar-refractivity contribution is 7.09. The average Bonchev–Trinajstić information content (AvgIpc) is 2.96. The summed E-state index contributed by atoms with van der Waals surface area (Å²) in [5.41, 5.74) is 2.52. The highest BCUT2D eigenvalue weighted by Gasteiger charge is 2.28. The molecule has 122 valence electrons. The van der Waals surface area contributed by atoms with Gasteiger partial charge in [-0.15, -0.1) is 11.3 Å². The Hall–Kier alpha value is -1.92. The molecule has 1 atom stereocenters. The maximum absolute atomic E-state index is 13.0. The Balaban J connectivity index is 1.96. The van der Waals surface area contributed by atoms with Gasteiger partial charge in [-0.25, -0.2) is 4.98 Å². The fourth-order valence-electron chi connectivity index (χ4n) is 2.98. The molecule has 0 saturated carbocycles. The molecule has 23 heavy (non-hydrogen) atoms. The van der Waals surface area contributed by atoms with Crippen LogP contribution in [-0.2, 0) is 11.3 Å². The summed E-state index contributed by atoms with van der Waals surface area (Å²) < 4.78 is 5.09. The number of amides is 1. The van der Waals surface area contributed by atoms with Crippen LogP contribution in [0.3, 0.4) is 0 Å². The molecule has 1 aliphatic rings. The Morgan fingerprint density at radius 3 is 2.83 bits per heavy atom. The predicted molar refractivity (Wildman–Crippen MR) is 93.4 cm³/mol. The predicted octanol–water partition coefficient (Wildman–Crippen LogP) is 3.02. The quantitative estimate of drug-likeness (QED) is 0.867. The standard InChI is InChI=1S/C17H21N3O2S/c1-12-8-19(2)14-6-4-5-7-15(14)20(9-12)17(21)13-11-23-16(18-13)10-22-3/h4-7,11-12H,8-10H2,1-3H3/t12-/m0/s1. The van der Waals surface area contributed by atoms with E-state index in [9.17, 15) is 4.79 Å². The molecule has 5 nitrogen and oxygen atoms in total. The van der Waals surface area contributed by atoms with Crippen LogP contribution >= 0.6 is 11.3 Å². The Morgan fingerprint density at radius 1 is 1.35 bits per heavy atom. The SMILES string of the molecule is COCc1nc(C(=O)N2C[C@@H](C)CN(C)c3ccccc32)cs1. The lowest BCUT2D eigenvalue weighted by molar-refractivity contribution is 0.0979. The number of nitrogens with zero attached hydrogens (tertiary/aromatic N) is 3. The average molecular weight is 331 g/mol. The first-order valence-electron chi connectivity index (χ1n) is 7.65. The van der Waals surface area contributed by atoms with E-state index in [1.807, 2.05) is 28.5 Å². The fraction of sp³-hybridized carbons (Fsp3) is 0.412. The number of anilines is 2. The van der Waals surface area contributed by atoms with Crippen LogP contribution < -0.4 is 9.80 Å². The number of hydrogen-bond donors (Lipinski definition) is 0. The molecule has 1 aromatic carbocycles. The van der Waals surface area contributed by atoms with Crippen molar-refractivity contribution in [2.45, 2.75) is 13.5 Å². The summed E-state index contributed by atoms with van der Waals surface area (Å²) in [5, 5.41) is 2.64. The van der Waals surface area contributed by atoms with E-state index in [1.54, 1.807) is 7.11 Å². The van der Waals surface area contributed by atoms with Crippen LogP contribution in [0.25, 0.3) is 0 Å². The monoisotopic (exact) mass is 331 g/mol. The molecule has 1 amide bonds. The summed E-state index contributed by atoms with van der Waals surface area (Å²) in [4.78, 5) is 21.5. The number of para-hydroxylation sites is 2. The van der Waals surface area contributed by atoms with Crippen molar-refractivity contribution < 1.29 is 9.53 Å². The summed E-state index contributed by atoms with van der Waals surface area (Å²) in [7, 11) is 3.70. The number of aromatic nitrogens is 1. The highest BCUT2D eigenvalue weighted by atomic mass is 32.1. The zero-order valence-electron chi connectivity index (χ0n) is 13.7. The number of thiazole rings is 1. The van der Waals surface area contributed by atoms with Crippen LogP contribution in [0.2, 0.25) is 0 Å². The van der Waals surface area contributed by atoms with E-state index in [4.69, 9.17) is 4.74 Å². The minimum absolute atomic E-state index is 0.0433. The van der Waals surface area contributed by atoms with Crippen molar-refractivity contribution in [3.8, 4) is 0 Å². The molecule has 0 fully saturated rings. The molecule has 6 heteroatoms.